The second kappa shape index (κ2) is 8.34. The normalized spacial score (nSPS) is 11.9. The summed E-state index contributed by atoms with van der Waals surface area (Å²) in [6.07, 6.45) is 0. The number of carboxylic acid groups (broad SMARTS) is 1. The number of carbonyl (C=O) groups is 2. The highest BCUT2D eigenvalue weighted by Crippen LogP contribution is 2.24. The molecule has 1 atom stereocenters. The summed E-state index contributed by atoms with van der Waals surface area (Å²) in [5, 5.41) is 11.7. The number of thioether (sulfide) groups is 1. The Kier molecular flexibility index (Phi) is 7.12. The van der Waals surface area contributed by atoms with E-state index in [1.165, 1.54) is 11.8 Å². The summed E-state index contributed by atoms with van der Waals surface area (Å²) in [7, 11) is 0. The van der Waals surface area contributed by atoms with Gasteiger partial charge in [-0.1, -0.05) is 29.3 Å². The molecule has 0 aliphatic heterocycles. The molecule has 0 aromatic heterocycles. The zero-order valence-electron chi connectivity index (χ0n) is 10.2. The Labute approximate surface area is 129 Å². The number of benzene rings is 1. The average Bonchev–Trinajstić information content (AvgIpc) is 2.38. The lowest BCUT2D eigenvalue weighted by Crippen LogP contribution is -2.43. The highest BCUT2D eigenvalue weighted by atomic mass is 35.5. The highest BCUT2D eigenvalue weighted by Gasteiger charge is 2.19. The van der Waals surface area contributed by atoms with Crippen LogP contribution in [0.15, 0.2) is 18.2 Å². The van der Waals surface area contributed by atoms with E-state index < -0.39 is 24.6 Å². The van der Waals surface area contributed by atoms with Gasteiger partial charge in [0.05, 0.1) is 5.75 Å². The minimum atomic E-state index is -1.50. The maximum Gasteiger partial charge on any atom is 0.328 e. The Morgan fingerprint density at radius 3 is 2.65 bits per heavy atom. The first-order chi connectivity index (χ1) is 9.43. The molecule has 1 unspecified atom stereocenters. The van der Waals surface area contributed by atoms with Crippen LogP contribution in [0, 0.1) is 0 Å². The van der Waals surface area contributed by atoms with Gasteiger partial charge in [0, 0.05) is 15.8 Å². The van der Waals surface area contributed by atoms with Gasteiger partial charge in [-0.15, -0.1) is 11.8 Å². The first-order valence-corrected chi connectivity index (χ1v) is 7.45. The lowest BCUT2D eigenvalue weighted by atomic mass is 10.2. The second-order valence-corrected chi connectivity index (χ2v) is 5.67. The highest BCUT2D eigenvalue weighted by molar-refractivity contribution is 7.99. The number of hydrogen-bond acceptors (Lipinski definition) is 3. The van der Waals surface area contributed by atoms with Crippen molar-refractivity contribution in [3.63, 3.8) is 0 Å². The van der Waals surface area contributed by atoms with Crippen LogP contribution in [-0.4, -0.2) is 35.5 Å². The molecular weight excluding hydrogens is 328 g/mol. The summed E-state index contributed by atoms with van der Waals surface area (Å²) in [5.74, 6) is -1.45. The summed E-state index contributed by atoms with van der Waals surface area (Å²) >= 11 is 13.0. The maximum atomic E-state index is 12.3. The van der Waals surface area contributed by atoms with E-state index in [4.69, 9.17) is 28.3 Å². The number of hydrogen-bond donors (Lipinski definition) is 2. The van der Waals surface area contributed by atoms with Crippen molar-refractivity contribution in [3.8, 4) is 0 Å². The Hall–Kier alpha value is -0.980. The predicted molar refractivity (Wildman–Crippen MR) is 78.2 cm³/mol. The van der Waals surface area contributed by atoms with Crippen molar-refractivity contribution in [2.75, 3.05) is 12.4 Å². The van der Waals surface area contributed by atoms with Crippen LogP contribution in [0.5, 0.6) is 0 Å². The van der Waals surface area contributed by atoms with Crippen molar-refractivity contribution in [1.82, 2.24) is 5.32 Å². The van der Waals surface area contributed by atoms with Gasteiger partial charge < -0.3 is 10.4 Å². The van der Waals surface area contributed by atoms with E-state index in [0.717, 1.165) is 5.56 Å². The standard InChI is InChI=1S/C12H12Cl2FNO3S/c13-8-2-1-7(9(14)3-8)5-20-6-11(17)16-10(4-15)12(18)19/h1-3,10H,4-6H2,(H,16,17)(H,18,19). The molecule has 4 nitrogen and oxygen atoms in total. The molecule has 0 saturated carbocycles. The van der Waals surface area contributed by atoms with Crippen LogP contribution in [0.1, 0.15) is 5.56 Å². The molecule has 0 radical (unpaired) electrons. The van der Waals surface area contributed by atoms with Crippen molar-refractivity contribution in [3.05, 3.63) is 33.8 Å². The number of rotatable bonds is 7. The number of aliphatic carboxylic acids is 1. The summed E-state index contributed by atoms with van der Waals surface area (Å²) < 4.78 is 12.3. The number of halogens is 3. The second-order valence-electron chi connectivity index (χ2n) is 3.84. The van der Waals surface area contributed by atoms with E-state index in [9.17, 15) is 14.0 Å². The third-order valence-corrected chi connectivity index (χ3v) is 3.86. The number of carbonyl (C=O) groups excluding carboxylic acids is 1. The number of amides is 1. The van der Waals surface area contributed by atoms with Crippen LogP contribution >= 0.6 is 35.0 Å². The summed E-state index contributed by atoms with van der Waals surface area (Å²) in [6.45, 7) is -1.14. The van der Waals surface area contributed by atoms with Crippen LogP contribution < -0.4 is 5.32 Å². The summed E-state index contributed by atoms with van der Waals surface area (Å²) in [5.41, 5.74) is 0.814. The van der Waals surface area contributed by atoms with Gasteiger partial charge in [-0.25, -0.2) is 9.18 Å². The zero-order chi connectivity index (χ0) is 15.1. The Bertz CT molecular complexity index is 502. The topological polar surface area (TPSA) is 66.4 Å². The molecule has 0 bridgehead atoms. The molecule has 1 aromatic rings. The van der Waals surface area contributed by atoms with Gasteiger partial charge >= 0.3 is 5.97 Å². The Balaban J connectivity index is 2.40. The molecule has 0 saturated heterocycles. The van der Waals surface area contributed by atoms with Gasteiger partial charge in [0.1, 0.15) is 6.67 Å². The molecule has 0 aliphatic rings. The van der Waals surface area contributed by atoms with Crippen molar-refractivity contribution in [1.29, 1.82) is 0 Å². The number of carboxylic acids is 1. The van der Waals surface area contributed by atoms with Crippen molar-refractivity contribution >= 4 is 46.8 Å². The van der Waals surface area contributed by atoms with Crippen molar-refractivity contribution in [2.45, 2.75) is 11.8 Å². The zero-order valence-corrected chi connectivity index (χ0v) is 12.6. The smallest absolute Gasteiger partial charge is 0.328 e. The molecule has 0 fully saturated rings. The largest absolute Gasteiger partial charge is 0.480 e. The van der Waals surface area contributed by atoms with E-state index in [-0.39, 0.29) is 5.75 Å². The van der Waals surface area contributed by atoms with Crippen molar-refractivity contribution in [2.24, 2.45) is 0 Å². The fourth-order valence-corrected chi connectivity index (χ4v) is 2.69. The lowest BCUT2D eigenvalue weighted by molar-refractivity contribution is -0.141. The van der Waals surface area contributed by atoms with Crippen LogP contribution in [0.2, 0.25) is 10.0 Å². The van der Waals surface area contributed by atoms with Gasteiger partial charge in [0.25, 0.3) is 0 Å². The SMILES string of the molecule is O=C(CSCc1ccc(Cl)cc1Cl)NC(CF)C(=O)O. The van der Waals surface area contributed by atoms with Crippen LogP contribution in [-0.2, 0) is 15.3 Å². The fourth-order valence-electron chi connectivity index (χ4n) is 1.29. The van der Waals surface area contributed by atoms with Crippen LogP contribution in [0.25, 0.3) is 0 Å². The minimum absolute atomic E-state index is 0.0166. The molecule has 1 rings (SSSR count). The molecular formula is C12H12Cl2FNO3S. The van der Waals surface area contributed by atoms with Gasteiger partial charge in [-0.05, 0) is 17.7 Å². The number of alkyl halides is 1. The van der Waals surface area contributed by atoms with Gasteiger partial charge in [-0.3, -0.25) is 4.79 Å². The monoisotopic (exact) mass is 339 g/mol. The van der Waals surface area contributed by atoms with Crippen molar-refractivity contribution < 1.29 is 19.1 Å². The molecule has 110 valence electrons. The van der Waals surface area contributed by atoms with Crippen LogP contribution in [0.3, 0.4) is 0 Å². The van der Waals surface area contributed by atoms with Gasteiger partial charge in [0.2, 0.25) is 5.91 Å². The van der Waals surface area contributed by atoms with E-state index in [2.05, 4.69) is 5.32 Å². The quantitative estimate of drug-likeness (QED) is 0.801. The van der Waals surface area contributed by atoms with Gasteiger partial charge in [-0.2, -0.15) is 0 Å². The molecule has 8 heteroatoms. The molecule has 0 spiro atoms. The minimum Gasteiger partial charge on any atom is -0.480 e. The fraction of sp³-hybridized carbons (Fsp3) is 0.333. The third kappa shape index (κ3) is 5.56. The maximum absolute atomic E-state index is 12.3. The van der Waals surface area contributed by atoms with Gasteiger partial charge in [0.15, 0.2) is 6.04 Å². The first kappa shape index (κ1) is 17.1. The van der Waals surface area contributed by atoms with E-state index >= 15 is 0 Å². The van der Waals surface area contributed by atoms with E-state index in [0.29, 0.717) is 15.8 Å². The van der Waals surface area contributed by atoms with Crippen LogP contribution in [0.4, 0.5) is 4.39 Å². The van der Waals surface area contributed by atoms with E-state index in [1.807, 2.05) is 0 Å². The molecule has 1 amide bonds. The number of nitrogens with one attached hydrogen (secondary N) is 1. The van der Waals surface area contributed by atoms with E-state index in [1.54, 1.807) is 18.2 Å². The lowest BCUT2D eigenvalue weighted by Gasteiger charge is -2.10. The predicted octanol–water partition coefficient (Wildman–Crippen LogP) is 2.77. The molecule has 0 heterocycles. The Morgan fingerprint density at radius 2 is 2.10 bits per heavy atom. The first-order valence-electron chi connectivity index (χ1n) is 5.54. The molecule has 1 aromatic carbocycles. The average molecular weight is 340 g/mol. The third-order valence-electron chi connectivity index (χ3n) is 2.29. The summed E-state index contributed by atoms with van der Waals surface area (Å²) in [6, 6.07) is 3.54. The summed E-state index contributed by atoms with van der Waals surface area (Å²) in [4.78, 5) is 22.0. The molecule has 2 N–H and O–H groups in total. The molecule has 0 aliphatic carbocycles. The Morgan fingerprint density at radius 1 is 1.40 bits per heavy atom. The molecule has 20 heavy (non-hydrogen) atoms.